The van der Waals surface area contributed by atoms with Crippen LogP contribution in [-0.2, 0) is 16.3 Å². The number of sulfone groups is 1. The summed E-state index contributed by atoms with van der Waals surface area (Å²) in [6, 6.07) is 4.62. The zero-order valence-electron chi connectivity index (χ0n) is 11.1. The van der Waals surface area contributed by atoms with Gasteiger partial charge in [0, 0.05) is 36.4 Å². The summed E-state index contributed by atoms with van der Waals surface area (Å²) >= 11 is 1.45. The van der Waals surface area contributed by atoms with Gasteiger partial charge in [-0.05, 0) is 23.8 Å². The number of hydrogen-bond donors (Lipinski definition) is 1. The van der Waals surface area contributed by atoms with Crippen molar-refractivity contribution in [3.8, 4) is 0 Å². The van der Waals surface area contributed by atoms with Crippen molar-refractivity contribution in [2.45, 2.75) is 11.3 Å². The number of amides is 1. The highest BCUT2D eigenvalue weighted by atomic mass is 32.2. The highest BCUT2D eigenvalue weighted by Crippen LogP contribution is 2.22. The van der Waals surface area contributed by atoms with Gasteiger partial charge in [0.15, 0.2) is 9.84 Å². The second-order valence-corrected chi connectivity index (χ2v) is 7.27. The smallest absolute Gasteiger partial charge is 0.251 e. The summed E-state index contributed by atoms with van der Waals surface area (Å²) in [4.78, 5) is 16.8. The molecule has 1 aromatic carbocycles. The second kappa shape index (κ2) is 5.72. The molecule has 1 heterocycles. The van der Waals surface area contributed by atoms with Gasteiger partial charge in [-0.2, -0.15) is 0 Å². The molecule has 106 valence electrons. The highest BCUT2D eigenvalue weighted by molar-refractivity contribution is 7.90. The second-order valence-electron chi connectivity index (χ2n) is 4.32. The molecule has 2 aromatic rings. The van der Waals surface area contributed by atoms with Crippen molar-refractivity contribution in [1.82, 2.24) is 10.3 Å². The number of nitrogens with one attached hydrogen (secondary N) is 1. The van der Waals surface area contributed by atoms with Gasteiger partial charge in [0.25, 0.3) is 5.91 Å². The quantitative estimate of drug-likeness (QED) is 0.928. The molecule has 0 aliphatic heterocycles. The Kier molecular flexibility index (Phi) is 4.20. The SMILES string of the molecule is CNC(=O)c1ccc(S(C)(=O)=O)c(Cc2cncs2)c1. The molecule has 0 aliphatic rings. The van der Waals surface area contributed by atoms with E-state index >= 15 is 0 Å². The van der Waals surface area contributed by atoms with E-state index in [-0.39, 0.29) is 10.8 Å². The number of rotatable bonds is 4. The molecule has 20 heavy (non-hydrogen) atoms. The Labute approximate surface area is 121 Å². The third kappa shape index (κ3) is 3.23. The molecule has 2 rings (SSSR count). The van der Waals surface area contributed by atoms with Crippen molar-refractivity contribution in [2.75, 3.05) is 13.3 Å². The number of carbonyl (C=O) groups excluding carboxylic acids is 1. The zero-order valence-corrected chi connectivity index (χ0v) is 12.7. The Morgan fingerprint density at radius 3 is 2.70 bits per heavy atom. The molecule has 0 bridgehead atoms. The maximum absolute atomic E-state index is 11.8. The molecule has 0 spiro atoms. The van der Waals surface area contributed by atoms with Crippen LogP contribution in [0.3, 0.4) is 0 Å². The molecule has 0 saturated carbocycles. The Balaban J connectivity index is 2.51. The Hall–Kier alpha value is -1.73. The molecule has 7 heteroatoms. The summed E-state index contributed by atoms with van der Waals surface area (Å²) in [7, 11) is -1.80. The average Bonchev–Trinajstić information content (AvgIpc) is 2.89. The van der Waals surface area contributed by atoms with Crippen LogP contribution in [0.4, 0.5) is 0 Å². The van der Waals surface area contributed by atoms with Gasteiger partial charge in [0.2, 0.25) is 0 Å². The van der Waals surface area contributed by atoms with Gasteiger partial charge < -0.3 is 5.32 Å². The summed E-state index contributed by atoms with van der Waals surface area (Å²) in [5.74, 6) is -0.240. The minimum absolute atomic E-state index is 0.240. The normalized spacial score (nSPS) is 11.3. The molecule has 1 amide bonds. The van der Waals surface area contributed by atoms with Gasteiger partial charge in [-0.25, -0.2) is 8.42 Å². The van der Waals surface area contributed by atoms with E-state index in [1.807, 2.05) is 0 Å². The summed E-state index contributed by atoms with van der Waals surface area (Å²) in [5.41, 5.74) is 2.75. The van der Waals surface area contributed by atoms with E-state index in [9.17, 15) is 13.2 Å². The van der Waals surface area contributed by atoms with Crippen LogP contribution in [0, 0.1) is 0 Å². The lowest BCUT2D eigenvalue weighted by Gasteiger charge is -2.09. The van der Waals surface area contributed by atoms with E-state index in [0.717, 1.165) is 11.1 Å². The van der Waals surface area contributed by atoms with E-state index in [0.29, 0.717) is 17.5 Å². The summed E-state index contributed by atoms with van der Waals surface area (Å²) in [6.45, 7) is 0. The topological polar surface area (TPSA) is 76.1 Å². The fourth-order valence-electron chi connectivity index (χ4n) is 1.88. The van der Waals surface area contributed by atoms with Crippen molar-refractivity contribution in [1.29, 1.82) is 0 Å². The van der Waals surface area contributed by atoms with Crippen molar-refractivity contribution >= 4 is 27.1 Å². The Morgan fingerprint density at radius 2 is 2.15 bits per heavy atom. The largest absolute Gasteiger partial charge is 0.355 e. The lowest BCUT2D eigenvalue weighted by molar-refractivity contribution is 0.0963. The average molecular weight is 310 g/mol. The van der Waals surface area contributed by atoms with Gasteiger partial charge in [0.1, 0.15) is 0 Å². The number of nitrogens with zero attached hydrogens (tertiary/aromatic N) is 1. The van der Waals surface area contributed by atoms with Crippen LogP contribution >= 0.6 is 11.3 Å². The maximum Gasteiger partial charge on any atom is 0.251 e. The van der Waals surface area contributed by atoms with Crippen LogP contribution in [0.15, 0.2) is 34.8 Å². The first-order valence-electron chi connectivity index (χ1n) is 5.84. The minimum Gasteiger partial charge on any atom is -0.355 e. The zero-order chi connectivity index (χ0) is 14.8. The fraction of sp³-hybridized carbons (Fsp3) is 0.231. The predicted molar refractivity (Wildman–Crippen MR) is 77.9 cm³/mol. The van der Waals surface area contributed by atoms with E-state index in [1.165, 1.54) is 30.5 Å². The first-order valence-corrected chi connectivity index (χ1v) is 8.61. The molecule has 1 aromatic heterocycles. The molecule has 1 N–H and O–H groups in total. The monoisotopic (exact) mass is 310 g/mol. The summed E-state index contributed by atoms with van der Waals surface area (Å²) in [5, 5.41) is 2.53. The summed E-state index contributed by atoms with van der Waals surface area (Å²) in [6.07, 6.45) is 3.30. The van der Waals surface area contributed by atoms with Gasteiger partial charge in [-0.15, -0.1) is 11.3 Å². The van der Waals surface area contributed by atoms with E-state index in [2.05, 4.69) is 10.3 Å². The lowest BCUT2D eigenvalue weighted by Crippen LogP contribution is -2.18. The van der Waals surface area contributed by atoms with Gasteiger partial charge >= 0.3 is 0 Å². The van der Waals surface area contributed by atoms with Gasteiger partial charge in [-0.3, -0.25) is 9.78 Å². The van der Waals surface area contributed by atoms with Crippen LogP contribution in [0.25, 0.3) is 0 Å². The van der Waals surface area contributed by atoms with Crippen molar-refractivity contribution in [2.24, 2.45) is 0 Å². The van der Waals surface area contributed by atoms with Crippen molar-refractivity contribution in [3.63, 3.8) is 0 Å². The lowest BCUT2D eigenvalue weighted by atomic mass is 10.1. The van der Waals surface area contributed by atoms with Crippen LogP contribution in [0.2, 0.25) is 0 Å². The molecule has 0 unspecified atom stereocenters. The van der Waals surface area contributed by atoms with Crippen LogP contribution < -0.4 is 5.32 Å². The van der Waals surface area contributed by atoms with Crippen molar-refractivity contribution < 1.29 is 13.2 Å². The van der Waals surface area contributed by atoms with Crippen LogP contribution in [0.1, 0.15) is 20.8 Å². The molecule has 5 nitrogen and oxygen atoms in total. The molecule has 0 atom stereocenters. The minimum atomic E-state index is -3.33. The third-order valence-corrected chi connectivity index (χ3v) is 4.77. The van der Waals surface area contributed by atoms with E-state index in [4.69, 9.17) is 0 Å². The van der Waals surface area contributed by atoms with E-state index in [1.54, 1.807) is 17.8 Å². The van der Waals surface area contributed by atoms with Crippen LogP contribution in [-0.4, -0.2) is 32.6 Å². The predicted octanol–water partition coefficient (Wildman–Crippen LogP) is 1.50. The summed E-state index contributed by atoms with van der Waals surface area (Å²) < 4.78 is 23.6. The molecule has 0 saturated heterocycles. The first kappa shape index (κ1) is 14.7. The van der Waals surface area contributed by atoms with Gasteiger partial charge in [0.05, 0.1) is 10.4 Å². The number of thiazole rings is 1. The number of aromatic nitrogens is 1. The Bertz CT molecular complexity index is 722. The molecular weight excluding hydrogens is 296 g/mol. The molecule has 0 fully saturated rings. The third-order valence-electron chi connectivity index (χ3n) is 2.80. The maximum atomic E-state index is 11.8. The first-order chi connectivity index (χ1) is 9.41. The fourth-order valence-corrected chi connectivity index (χ4v) is 3.42. The standard InChI is InChI=1S/C13H14N2O3S2/c1-14-13(16)9-3-4-12(20(2,17)18)10(5-9)6-11-7-15-8-19-11/h3-5,7-8H,6H2,1-2H3,(H,14,16). The number of carbonyl (C=O) groups is 1. The van der Waals surface area contributed by atoms with Crippen LogP contribution in [0.5, 0.6) is 0 Å². The van der Waals surface area contributed by atoms with E-state index < -0.39 is 9.84 Å². The number of hydrogen-bond acceptors (Lipinski definition) is 5. The molecule has 0 aliphatic carbocycles. The molecule has 0 radical (unpaired) electrons. The van der Waals surface area contributed by atoms with Crippen molar-refractivity contribution in [3.05, 3.63) is 45.9 Å². The molecular formula is C13H14N2O3S2. The highest BCUT2D eigenvalue weighted by Gasteiger charge is 2.16. The van der Waals surface area contributed by atoms with Gasteiger partial charge in [-0.1, -0.05) is 0 Å². The Morgan fingerprint density at radius 1 is 1.40 bits per heavy atom. The number of benzene rings is 1.